The third-order valence-corrected chi connectivity index (χ3v) is 3.38. The SMILES string of the molecule is COC(=O)C=C[C@H](Cc1ccccc1)NCc1ccccc1. The molecule has 3 heteroatoms. The first-order valence-corrected chi connectivity index (χ1v) is 7.35. The van der Waals surface area contributed by atoms with Crippen LogP contribution in [0.5, 0.6) is 0 Å². The molecule has 0 spiro atoms. The fourth-order valence-electron chi connectivity index (χ4n) is 2.18. The van der Waals surface area contributed by atoms with Crippen LogP contribution in [0.3, 0.4) is 0 Å². The summed E-state index contributed by atoms with van der Waals surface area (Å²) in [6.45, 7) is 0.754. The van der Waals surface area contributed by atoms with Gasteiger partial charge in [-0.25, -0.2) is 4.79 Å². The van der Waals surface area contributed by atoms with E-state index in [0.29, 0.717) is 0 Å². The number of hydrogen-bond acceptors (Lipinski definition) is 3. The molecule has 1 N–H and O–H groups in total. The van der Waals surface area contributed by atoms with Crippen LogP contribution in [-0.2, 0) is 22.5 Å². The molecule has 22 heavy (non-hydrogen) atoms. The van der Waals surface area contributed by atoms with Gasteiger partial charge in [-0.15, -0.1) is 0 Å². The number of methoxy groups -OCH3 is 1. The molecule has 0 heterocycles. The molecule has 0 aliphatic rings. The Bertz CT molecular complexity index is 593. The van der Waals surface area contributed by atoms with Crippen LogP contribution >= 0.6 is 0 Å². The van der Waals surface area contributed by atoms with Gasteiger partial charge in [0, 0.05) is 18.7 Å². The van der Waals surface area contributed by atoms with Crippen molar-refractivity contribution in [1.82, 2.24) is 5.32 Å². The normalized spacial score (nSPS) is 12.2. The van der Waals surface area contributed by atoms with Gasteiger partial charge in [-0.1, -0.05) is 66.7 Å². The number of nitrogens with one attached hydrogen (secondary N) is 1. The monoisotopic (exact) mass is 295 g/mol. The summed E-state index contributed by atoms with van der Waals surface area (Å²) in [6.07, 6.45) is 4.16. The minimum Gasteiger partial charge on any atom is -0.466 e. The van der Waals surface area contributed by atoms with Gasteiger partial charge < -0.3 is 10.1 Å². The lowest BCUT2D eigenvalue weighted by molar-refractivity contribution is -0.134. The van der Waals surface area contributed by atoms with Gasteiger partial charge in [0.1, 0.15) is 0 Å². The molecule has 114 valence electrons. The van der Waals surface area contributed by atoms with Crippen LogP contribution < -0.4 is 5.32 Å². The smallest absolute Gasteiger partial charge is 0.330 e. The summed E-state index contributed by atoms with van der Waals surface area (Å²) >= 11 is 0. The second kappa shape index (κ2) is 8.80. The molecule has 0 aromatic heterocycles. The van der Waals surface area contributed by atoms with Crippen molar-refractivity contribution in [2.45, 2.75) is 19.0 Å². The predicted octanol–water partition coefficient (Wildman–Crippen LogP) is 3.12. The second-order valence-electron chi connectivity index (χ2n) is 5.04. The maximum atomic E-state index is 11.3. The molecule has 0 aliphatic heterocycles. The Labute approximate surface area is 131 Å². The highest BCUT2D eigenvalue weighted by Gasteiger charge is 2.07. The number of rotatable bonds is 7. The van der Waals surface area contributed by atoms with Crippen molar-refractivity contribution >= 4 is 5.97 Å². The van der Waals surface area contributed by atoms with E-state index in [2.05, 4.69) is 34.3 Å². The zero-order valence-electron chi connectivity index (χ0n) is 12.7. The van der Waals surface area contributed by atoms with Crippen LogP contribution in [-0.4, -0.2) is 19.1 Å². The topological polar surface area (TPSA) is 38.3 Å². The zero-order chi connectivity index (χ0) is 15.6. The largest absolute Gasteiger partial charge is 0.466 e. The lowest BCUT2D eigenvalue weighted by Crippen LogP contribution is -2.29. The molecular weight excluding hydrogens is 274 g/mol. The van der Waals surface area contributed by atoms with Crippen LogP contribution in [0.15, 0.2) is 72.8 Å². The summed E-state index contributed by atoms with van der Waals surface area (Å²) in [5.41, 5.74) is 2.44. The highest BCUT2D eigenvalue weighted by Crippen LogP contribution is 2.06. The first-order chi connectivity index (χ1) is 10.8. The maximum Gasteiger partial charge on any atom is 0.330 e. The molecule has 1 atom stereocenters. The van der Waals surface area contributed by atoms with E-state index >= 15 is 0 Å². The minimum atomic E-state index is -0.334. The number of benzene rings is 2. The van der Waals surface area contributed by atoms with Crippen LogP contribution in [0.4, 0.5) is 0 Å². The van der Waals surface area contributed by atoms with Gasteiger partial charge in [0.25, 0.3) is 0 Å². The van der Waals surface area contributed by atoms with E-state index in [1.165, 1.54) is 24.3 Å². The van der Waals surface area contributed by atoms with E-state index in [4.69, 9.17) is 0 Å². The van der Waals surface area contributed by atoms with Gasteiger partial charge in [0.15, 0.2) is 0 Å². The number of esters is 1. The highest BCUT2D eigenvalue weighted by atomic mass is 16.5. The Morgan fingerprint density at radius 1 is 1.05 bits per heavy atom. The van der Waals surface area contributed by atoms with E-state index in [-0.39, 0.29) is 12.0 Å². The molecule has 2 aromatic carbocycles. The van der Waals surface area contributed by atoms with E-state index in [1.54, 1.807) is 0 Å². The van der Waals surface area contributed by atoms with Crippen molar-refractivity contribution in [2.75, 3.05) is 7.11 Å². The van der Waals surface area contributed by atoms with Crippen molar-refractivity contribution in [3.8, 4) is 0 Å². The summed E-state index contributed by atoms with van der Waals surface area (Å²) in [5.74, 6) is -0.334. The molecule has 0 bridgehead atoms. The van der Waals surface area contributed by atoms with Crippen LogP contribution in [0, 0.1) is 0 Å². The average Bonchev–Trinajstić information content (AvgIpc) is 2.58. The molecular formula is C19H21NO2. The van der Waals surface area contributed by atoms with Gasteiger partial charge in [-0.2, -0.15) is 0 Å². The van der Waals surface area contributed by atoms with Crippen molar-refractivity contribution in [3.63, 3.8) is 0 Å². The lowest BCUT2D eigenvalue weighted by atomic mass is 10.0. The Morgan fingerprint density at radius 2 is 1.64 bits per heavy atom. The van der Waals surface area contributed by atoms with Crippen molar-refractivity contribution in [3.05, 3.63) is 83.9 Å². The third kappa shape index (κ3) is 5.54. The van der Waals surface area contributed by atoms with Gasteiger partial charge in [-0.3, -0.25) is 0 Å². The first-order valence-electron chi connectivity index (χ1n) is 7.35. The highest BCUT2D eigenvalue weighted by molar-refractivity contribution is 5.81. The molecule has 0 unspecified atom stereocenters. The Morgan fingerprint density at radius 3 is 2.23 bits per heavy atom. The average molecular weight is 295 g/mol. The van der Waals surface area contributed by atoms with E-state index in [9.17, 15) is 4.79 Å². The van der Waals surface area contributed by atoms with Crippen LogP contribution in [0.2, 0.25) is 0 Å². The maximum absolute atomic E-state index is 11.3. The van der Waals surface area contributed by atoms with E-state index in [0.717, 1.165) is 13.0 Å². The first kappa shape index (κ1) is 16.0. The van der Waals surface area contributed by atoms with Crippen LogP contribution in [0.25, 0.3) is 0 Å². The van der Waals surface area contributed by atoms with Gasteiger partial charge in [0.05, 0.1) is 7.11 Å². The molecule has 0 amide bonds. The molecule has 2 aromatic rings. The quantitative estimate of drug-likeness (QED) is 0.630. The molecule has 0 radical (unpaired) electrons. The summed E-state index contributed by atoms with van der Waals surface area (Å²) in [6, 6.07) is 20.5. The lowest BCUT2D eigenvalue weighted by Gasteiger charge is -2.15. The fraction of sp³-hybridized carbons (Fsp3) is 0.211. The van der Waals surface area contributed by atoms with E-state index < -0.39 is 0 Å². The number of carbonyl (C=O) groups excluding carboxylic acids is 1. The number of ether oxygens (including phenoxy) is 1. The Balaban J connectivity index is 2.00. The van der Waals surface area contributed by atoms with Crippen molar-refractivity contribution in [1.29, 1.82) is 0 Å². The van der Waals surface area contributed by atoms with E-state index in [1.807, 2.05) is 42.5 Å². The summed E-state index contributed by atoms with van der Waals surface area (Å²) in [5, 5.41) is 3.47. The van der Waals surface area contributed by atoms with Gasteiger partial charge in [-0.05, 0) is 17.5 Å². The second-order valence-corrected chi connectivity index (χ2v) is 5.04. The minimum absolute atomic E-state index is 0.0710. The third-order valence-electron chi connectivity index (χ3n) is 3.38. The zero-order valence-corrected chi connectivity index (χ0v) is 12.7. The van der Waals surface area contributed by atoms with Crippen molar-refractivity contribution in [2.24, 2.45) is 0 Å². The Kier molecular flexibility index (Phi) is 6.39. The van der Waals surface area contributed by atoms with Crippen LogP contribution in [0.1, 0.15) is 11.1 Å². The fourth-order valence-corrected chi connectivity index (χ4v) is 2.18. The number of hydrogen-bond donors (Lipinski definition) is 1. The predicted molar refractivity (Wildman–Crippen MR) is 88.4 cm³/mol. The molecule has 0 saturated heterocycles. The standard InChI is InChI=1S/C19H21NO2/c1-22-19(21)13-12-18(14-16-8-4-2-5-9-16)20-15-17-10-6-3-7-11-17/h2-13,18,20H,14-15H2,1H3/t18-/m1/s1. The summed E-state index contributed by atoms with van der Waals surface area (Å²) in [4.78, 5) is 11.3. The molecule has 3 nitrogen and oxygen atoms in total. The van der Waals surface area contributed by atoms with Gasteiger partial charge in [0.2, 0.25) is 0 Å². The van der Waals surface area contributed by atoms with Crippen molar-refractivity contribution < 1.29 is 9.53 Å². The molecule has 0 saturated carbocycles. The summed E-state index contributed by atoms with van der Waals surface area (Å²) in [7, 11) is 1.39. The summed E-state index contributed by atoms with van der Waals surface area (Å²) < 4.78 is 4.66. The van der Waals surface area contributed by atoms with Gasteiger partial charge >= 0.3 is 5.97 Å². The molecule has 0 fully saturated rings. The molecule has 2 rings (SSSR count). The molecule has 0 aliphatic carbocycles. The Hall–Kier alpha value is -2.39. The number of carbonyl (C=O) groups is 1.